The van der Waals surface area contributed by atoms with E-state index in [0.29, 0.717) is 25.6 Å². The Labute approximate surface area is 187 Å². The van der Waals surface area contributed by atoms with E-state index in [4.69, 9.17) is 16.3 Å². The summed E-state index contributed by atoms with van der Waals surface area (Å²) >= 11 is 7.53. The zero-order valence-corrected chi connectivity index (χ0v) is 18.5. The first-order valence-electron chi connectivity index (χ1n) is 9.58. The van der Waals surface area contributed by atoms with Gasteiger partial charge in [0, 0.05) is 5.02 Å². The van der Waals surface area contributed by atoms with Gasteiger partial charge < -0.3 is 4.74 Å². The zero-order chi connectivity index (χ0) is 22.0. The van der Waals surface area contributed by atoms with Crippen LogP contribution in [0.2, 0.25) is 5.02 Å². The molecular weight excluding hydrogens is 432 g/mol. The normalized spacial score (nSPS) is 16.4. The third-order valence-electron chi connectivity index (χ3n) is 4.93. The highest BCUT2D eigenvalue weighted by Gasteiger charge is 2.30. The highest BCUT2D eigenvalue weighted by atomic mass is 35.5. The summed E-state index contributed by atoms with van der Waals surface area (Å²) < 4.78 is 7.01. The van der Waals surface area contributed by atoms with E-state index < -0.39 is 12.0 Å². The molecule has 1 aromatic heterocycles. The molecule has 31 heavy (non-hydrogen) atoms. The molecule has 0 saturated heterocycles. The molecule has 0 fully saturated rings. The van der Waals surface area contributed by atoms with Gasteiger partial charge in [-0.15, -0.1) is 0 Å². The molecule has 0 saturated carbocycles. The Hall–Kier alpha value is -3.22. The summed E-state index contributed by atoms with van der Waals surface area (Å²) in [6.45, 7) is 1.75. The molecule has 0 spiro atoms. The first kappa shape index (κ1) is 21.0. The number of fused-ring (bicyclic) bond motifs is 1. The minimum atomic E-state index is -0.627. The summed E-state index contributed by atoms with van der Waals surface area (Å²) in [5.74, 6) is -0.510. The molecule has 156 valence electrons. The van der Waals surface area contributed by atoms with E-state index in [1.807, 2.05) is 60.7 Å². The molecule has 7 heteroatoms. The van der Waals surface area contributed by atoms with Crippen LogP contribution in [0.3, 0.4) is 0 Å². The molecule has 2 aromatic carbocycles. The molecule has 0 N–H and O–H groups in total. The molecule has 2 heterocycles. The minimum absolute atomic E-state index is 0.236. The van der Waals surface area contributed by atoms with Crippen LogP contribution >= 0.6 is 22.9 Å². The quantitative estimate of drug-likeness (QED) is 0.569. The van der Waals surface area contributed by atoms with Crippen molar-refractivity contribution >= 4 is 41.1 Å². The molecule has 5 nitrogen and oxygen atoms in total. The average molecular weight is 451 g/mol. The van der Waals surface area contributed by atoms with Crippen molar-refractivity contribution < 1.29 is 9.53 Å². The van der Waals surface area contributed by atoms with Gasteiger partial charge in [0.2, 0.25) is 0 Å². The van der Waals surface area contributed by atoms with Crippen LogP contribution in [0.4, 0.5) is 0 Å². The molecule has 1 aliphatic heterocycles. The third-order valence-corrected chi connectivity index (χ3v) is 6.26. The number of allylic oxidation sites excluding steroid dienone is 2. The van der Waals surface area contributed by atoms with Crippen LogP contribution in [-0.4, -0.2) is 17.6 Å². The lowest BCUT2D eigenvalue weighted by molar-refractivity contribution is -0.136. The number of benzene rings is 2. The predicted molar refractivity (Wildman–Crippen MR) is 124 cm³/mol. The maximum Gasteiger partial charge on any atom is 0.338 e. The Bertz CT molecular complexity index is 1380. The Kier molecular flexibility index (Phi) is 6.02. The first-order chi connectivity index (χ1) is 15.0. The summed E-state index contributed by atoms with van der Waals surface area (Å²) in [5, 5.41) is 0.556. The fraction of sp³-hybridized carbons (Fsp3) is 0.125. The highest BCUT2D eigenvalue weighted by Crippen LogP contribution is 2.26. The van der Waals surface area contributed by atoms with Crippen LogP contribution in [0.25, 0.3) is 12.2 Å². The molecule has 0 bridgehead atoms. The van der Waals surface area contributed by atoms with Crippen molar-refractivity contribution in [2.75, 3.05) is 7.11 Å². The van der Waals surface area contributed by atoms with Gasteiger partial charge in [-0.2, -0.15) is 0 Å². The van der Waals surface area contributed by atoms with E-state index in [1.54, 1.807) is 19.1 Å². The molecule has 3 aromatic rings. The van der Waals surface area contributed by atoms with Crippen LogP contribution < -0.4 is 14.9 Å². The fourth-order valence-electron chi connectivity index (χ4n) is 3.42. The standard InChI is InChI=1S/C24H19ClN2O3S/c1-15-21(23(29)30-2)19(13-12-16-8-4-3-5-9-16)27-22(28)20(31-24(27)26-15)14-17-10-6-7-11-18(17)25/h3-14,19H,1-2H3/b13-12+,20-14+/t19-/m0/s1. The van der Waals surface area contributed by atoms with Crippen molar-refractivity contribution in [2.24, 2.45) is 4.99 Å². The van der Waals surface area contributed by atoms with Crippen molar-refractivity contribution in [3.8, 4) is 0 Å². The van der Waals surface area contributed by atoms with Crippen LogP contribution in [0.15, 0.2) is 81.7 Å². The number of ether oxygens (including phenoxy) is 1. The number of methoxy groups -OCH3 is 1. The van der Waals surface area contributed by atoms with Crippen LogP contribution in [-0.2, 0) is 9.53 Å². The molecule has 1 atom stereocenters. The number of esters is 1. The molecule has 0 amide bonds. The van der Waals surface area contributed by atoms with Gasteiger partial charge in [-0.1, -0.05) is 83.6 Å². The second-order valence-electron chi connectivity index (χ2n) is 6.91. The number of halogens is 1. The maximum absolute atomic E-state index is 13.3. The molecular formula is C24H19ClN2O3S. The van der Waals surface area contributed by atoms with Crippen molar-refractivity contribution in [3.63, 3.8) is 0 Å². The van der Waals surface area contributed by atoms with Crippen LogP contribution in [0.1, 0.15) is 24.1 Å². The fourth-order valence-corrected chi connectivity index (χ4v) is 4.65. The minimum Gasteiger partial charge on any atom is -0.466 e. The van der Waals surface area contributed by atoms with E-state index in [9.17, 15) is 9.59 Å². The summed E-state index contributed by atoms with van der Waals surface area (Å²) in [6, 6.07) is 16.4. The number of carbonyl (C=O) groups is 1. The van der Waals surface area contributed by atoms with Crippen molar-refractivity contribution in [3.05, 3.63) is 108 Å². The number of aromatic nitrogens is 1. The summed E-state index contributed by atoms with van der Waals surface area (Å²) in [7, 11) is 1.32. The monoisotopic (exact) mass is 450 g/mol. The summed E-state index contributed by atoms with van der Waals surface area (Å²) in [5.41, 5.74) is 2.33. The summed E-state index contributed by atoms with van der Waals surface area (Å²) in [6.07, 6.45) is 5.47. The number of hydrogen-bond donors (Lipinski definition) is 0. The highest BCUT2D eigenvalue weighted by molar-refractivity contribution is 7.07. The van der Waals surface area contributed by atoms with Gasteiger partial charge in [0.15, 0.2) is 4.80 Å². The predicted octanol–water partition coefficient (Wildman–Crippen LogP) is 3.73. The Morgan fingerprint density at radius 2 is 1.87 bits per heavy atom. The number of hydrogen-bond acceptors (Lipinski definition) is 5. The Balaban J connectivity index is 1.90. The van der Waals surface area contributed by atoms with E-state index in [1.165, 1.54) is 23.0 Å². The zero-order valence-electron chi connectivity index (χ0n) is 16.9. The molecule has 0 unspecified atom stereocenters. The third kappa shape index (κ3) is 4.17. The van der Waals surface area contributed by atoms with Gasteiger partial charge in [-0.05, 0) is 30.2 Å². The average Bonchev–Trinajstić information content (AvgIpc) is 3.08. The lowest BCUT2D eigenvalue weighted by Crippen LogP contribution is -2.38. The smallest absolute Gasteiger partial charge is 0.338 e. The van der Waals surface area contributed by atoms with E-state index >= 15 is 0 Å². The SMILES string of the molecule is COC(=O)C1=C(C)N=c2s/c(=C/c3ccccc3Cl)c(=O)n2[C@H]1/C=C/c1ccccc1. The lowest BCUT2D eigenvalue weighted by Gasteiger charge is -2.21. The maximum atomic E-state index is 13.3. The van der Waals surface area contributed by atoms with Crippen molar-refractivity contribution in [1.29, 1.82) is 0 Å². The van der Waals surface area contributed by atoms with Gasteiger partial charge in [-0.3, -0.25) is 9.36 Å². The number of rotatable bonds is 4. The number of carbonyl (C=O) groups excluding carboxylic acids is 1. The Morgan fingerprint density at radius 3 is 2.58 bits per heavy atom. The number of thiazole rings is 1. The molecule has 0 radical (unpaired) electrons. The van der Waals surface area contributed by atoms with E-state index in [2.05, 4.69) is 4.99 Å². The largest absolute Gasteiger partial charge is 0.466 e. The van der Waals surface area contributed by atoms with Crippen LogP contribution in [0.5, 0.6) is 0 Å². The lowest BCUT2D eigenvalue weighted by atomic mass is 10.0. The van der Waals surface area contributed by atoms with Crippen LogP contribution in [0, 0.1) is 0 Å². The molecule has 1 aliphatic rings. The summed E-state index contributed by atoms with van der Waals surface area (Å²) in [4.78, 5) is 30.9. The van der Waals surface area contributed by atoms with Crippen molar-refractivity contribution in [2.45, 2.75) is 13.0 Å². The molecule has 4 rings (SSSR count). The van der Waals surface area contributed by atoms with Crippen molar-refractivity contribution in [1.82, 2.24) is 4.57 Å². The first-order valence-corrected chi connectivity index (χ1v) is 10.8. The second-order valence-corrected chi connectivity index (χ2v) is 8.32. The van der Waals surface area contributed by atoms with Gasteiger partial charge in [0.25, 0.3) is 5.56 Å². The van der Waals surface area contributed by atoms with E-state index in [-0.39, 0.29) is 5.56 Å². The topological polar surface area (TPSA) is 60.7 Å². The molecule has 0 aliphatic carbocycles. The van der Waals surface area contributed by atoms with Gasteiger partial charge >= 0.3 is 5.97 Å². The van der Waals surface area contributed by atoms with Gasteiger partial charge in [0.05, 0.1) is 29.0 Å². The Morgan fingerprint density at radius 1 is 1.16 bits per heavy atom. The van der Waals surface area contributed by atoms with E-state index in [0.717, 1.165) is 11.1 Å². The second kappa shape index (κ2) is 8.88. The van der Waals surface area contributed by atoms with Gasteiger partial charge in [-0.25, -0.2) is 9.79 Å². The van der Waals surface area contributed by atoms with Gasteiger partial charge in [0.1, 0.15) is 0 Å². The number of nitrogens with zero attached hydrogens (tertiary/aromatic N) is 2.